The van der Waals surface area contributed by atoms with Gasteiger partial charge >= 0.3 is 18.1 Å². The number of alkyl halides is 3. The number of cyclic esters (lactones) is 1. The summed E-state index contributed by atoms with van der Waals surface area (Å²) in [5.41, 5.74) is -3.36. The highest BCUT2D eigenvalue weighted by Gasteiger charge is 2.70. The van der Waals surface area contributed by atoms with Gasteiger partial charge in [-0.05, 0) is 18.8 Å². The Morgan fingerprint density at radius 3 is 2.45 bits per heavy atom. The summed E-state index contributed by atoms with van der Waals surface area (Å²) >= 11 is 0. The van der Waals surface area contributed by atoms with Crippen LogP contribution in [0.1, 0.15) is 26.7 Å². The van der Waals surface area contributed by atoms with Crippen LogP contribution in [-0.4, -0.2) is 30.8 Å². The predicted molar refractivity (Wildman–Crippen MR) is 68.5 cm³/mol. The molecule has 0 aromatic heterocycles. The van der Waals surface area contributed by atoms with Gasteiger partial charge in [-0.25, -0.2) is 4.79 Å². The fourth-order valence-electron chi connectivity index (χ4n) is 3.68. The number of allylic oxidation sites excluding steroid dienone is 2. The van der Waals surface area contributed by atoms with Crippen molar-refractivity contribution >= 4 is 11.9 Å². The first kappa shape index (κ1) is 15.4. The van der Waals surface area contributed by atoms with Crippen molar-refractivity contribution in [1.29, 1.82) is 0 Å². The largest absolute Gasteiger partial charge is 0.462 e. The number of hydrogen-bond donors (Lipinski definition) is 0. The van der Waals surface area contributed by atoms with Crippen molar-refractivity contribution < 1.29 is 32.2 Å². The van der Waals surface area contributed by atoms with E-state index in [2.05, 4.69) is 0 Å². The Kier molecular flexibility index (Phi) is 3.14. The monoisotopic (exact) mass is 318 g/mol. The first-order chi connectivity index (χ1) is 10.1. The average molecular weight is 318 g/mol. The maximum atomic E-state index is 13.6. The molecule has 1 saturated carbocycles. The molecule has 0 radical (unpaired) electrons. The first-order valence-electron chi connectivity index (χ1n) is 7.21. The molecule has 22 heavy (non-hydrogen) atoms. The van der Waals surface area contributed by atoms with Gasteiger partial charge in [0.05, 0.1) is 0 Å². The quantitative estimate of drug-likeness (QED) is 0.580. The van der Waals surface area contributed by atoms with Gasteiger partial charge in [0.1, 0.15) is 6.61 Å². The van der Waals surface area contributed by atoms with Crippen LogP contribution < -0.4 is 0 Å². The Bertz CT molecular complexity index is 551. The lowest BCUT2D eigenvalue weighted by Crippen LogP contribution is -2.51. The molecule has 2 aliphatic carbocycles. The van der Waals surface area contributed by atoms with E-state index in [0.29, 0.717) is 6.42 Å². The molecule has 3 aliphatic rings. The van der Waals surface area contributed by atoms with E-state index in [0.717, 1.165) is 0 Å². The molecule has 2 bridgehead atoms. The standard InChI is InChI=1S/C15H17F3O4/c1-13(2)7-21-11(19)10(13)22-12(20)14(15(16,17)18)6-8-3-4-9(14)5-8/h3-4,8-10H,5-7H2,1-2H3/t8-,9+,10-,14+/m0/s1. The van der Waals surface area contributed by atoms with Crippen LogP contribution in [0.2, 0.25) is 0 Å². The van der Waals surface area contributed by atoms with E-state index in [4.69, 9.17) is 9.47 Å². The second kappa shape index (κ2) is 4.49. The highest BCUT2D eigenvalue weighted by Crippen LogP contribution is 2.60. The molecule has 7 heteroatoms. The van der Waals surface area contributed by atoms with Gasteiger partial charge in [-0.1, -0.05) is 26.0 Å². The Hall–Kier alpha value is -1.53. The second-order valence-electron chi connectivity index (χ2n) is 7.04. The van der Waals surface area contributed by atoms with Gasteiger partial charge in [0.2, 0.25) is 6.10 Å². The predicted octanol–water partition coefficient (Wildman–Crippen LogP) is 2.63. The van der Waals surface area contributed by atoms with Crippen LogP contribution >= 0.6 is 0 Å². The Balaban J connectivity index is 1.89. The van der Waals surface area contributed by atoms with Crippen molar-refractivity contribution in [2.24, 2.45) is 22.7 Å². The lowest BCUT2D eigenvalue weighted by molar-refractivity contribution is -0.245. The van der Waals surface area contributed by atoms with Crippen LogP contribution in [0.5, 0.6) is 0 Å². The molecule has 0 N–H and O–H groups in total. The van der Waals surface area contributed by atoms with E-state index in [1.54, 1.807) is 19.9 Å². The first-order valence-corrected chi connectivity index (χ1v) is 7.21. The minimum absolute atomic E-state index is 0.0226. The summed E-state index contributed by atoms with van der Waals surface area (Å²) in [6.07, 6.45) is -2.84. The summed E-state index contributed by atoms with van der Waals surface area (Å²) in [6, 6.07) is 0. The van der Waals surface area contributed by atoms with E-state index in [1.807, 2.05) is 0 Å². The Morgan fingerprint density at radius 1 is 1.36 bits per heavy atom. The molecule has 2 fully saturated rings. The van der Waals surface area contributed by atoms with Gasteiger partial charge < -0.3 is 9.47 Å². The second-order valence-corrected chi connectivity index (χ2v) is 7.04. The van der Waals surface area contributed by atoms with Crippen molar-refractivity contribution in [1.82, 2.24) is 0 Å². The summed E-state index contributed by atoms with van der Waals surface area (Å²) in [4.78, 5) is 24.1. The molecule has 1 saturated heterocycles. The number of halogens is 3. The molecule has 4 nitrogen and oxygen atoms in total. The third-order valence-electron chi connectivity index (χ3n) is 4.99. The van der Waals surface area contributed by atoms with E-state index >= 15 is 0 Å². The number of hydrogen-bond acceptors (Lipinski definition) is 4. The maximum absolute atomic E-state index is 13.6. The minimum atomic E-state index is -4.71. The lowest BCUT2D eigenvalue weighted by Gasteiger charge is -2.36. The zero-order valence-corrected chi connectivity index (χ0v) is 12.3. The van der Waals surface area contributed by atoms with Crippen molar-refractivity contribution in [3.63, 3.8) is 0 Å². The maximum Gasteiger partial charge on any atom is 0.405 e. The number of carbonyl (C=O) groups excluding carboxylic acids is 2. The van der Waals surface area contributed by atoms with Gasteiger partial charge in [0, 0.05) is 11.3 Å². The molecule has 0 spiro atoms. The van der Waals surface area contributed by atoms with Gasteiger partial charge in [-0.3, -0.25) is 4.79 Å². The topological polar surface area (TPSA) is 52.6 Å². The molecule has 1 heterocycles. The summed E-state index contributed by atoms with van der Waals surface area (Å²) in [5.74, 6) is -3.31. The van der Waals surface area contributed by atoms with Crippen molar-refractivity contribution in [2.75, 3.05) is 6.61 Å². The molecular formula is C15H17F3O4. The third-order valence-corrected chi connectivity index (χ3v) is 4.99. The molecule has 0 aromatic carbocycles. The van der Waals surface area contributed by atoms with Gasteiger partial charge in [-0.2, -0.15) is 13.2 Å². The molecule has 0 amide bonds. The fourth-order valence-corrected chi connectivity index (χ4v) is 3.68. The fraction of sp³-hybridized carbons (Fsp3) is 0.733. The molecule has 0 aromatic rings. The summed E-state index contributed by atoms with van der Waals surface area (Å²) in [6.45, 7) is 3.27. The lowest BCUT2D eigenvalue weighted by atomic mass is 9.74. The summed E-state index contributed by atoms with van der Waals surface area (Å²) in [5, 5.41) is 0. The molecule has 3 rings (SSSR count). The van der Waals surface area contributed by atoms with E-state index in [-0.39, 0.29) is 18.9 Å². The summed E-state index contributed by atoms with van der Waals surface area (Å²) in [7, 11) is 0. The molecule has 1 aliphatic heterocycles. The van der Waals surface area contributed by atoms with Crippen LogP contribution in [0.3, 0.4) is 0 Å². The normalized spacial score (nSPS) is 39.1. The van der Waals surface area contributed by atoms with Crippen molar-refractivity contribution in [3.8, 4) is 0 Å². The van der Waals surface area contributed by atoms with Crippen LogP contribution in [-0.2, 0) is 19.1 Å². The van der Waals surface area contributed by atoms with Crippen LogP contribution in [0.15, 0.2) is 12.2 Å². The summed E-state index contributed by atoms with van der Waals surface area (Å²) < 4.78 is 50.8. The van der Waals surface area contributed by atoms with E-state index in [9.17, 15) is 22.8 Å². The molecule has 0 unspecified atom stereocenters. The van der Waals surface area contributed by atoms with Crippen LogP contribution in [0, 0.1) is 22.7 Å². The number of ether oxygens (including phenoxy) is 2. The van der Waals surface area contributed by atoms with Crippen molar-refractivity contribution in [3.05, 3.63) is 12.2 Å². The van der Waals surface area contributed by atoms with Gasteiger partial charge in [0.15, 0.2) is 5.41 Å². The van der Waals surface area contributed by atoms with Gasteiger partial charge in [-0.15, -0.1) is 0 Å². The number of rotatable bonds is 2. The highest BCUT2D eigenvalue weighted by molar-refractivity contribution is 5.85. The average Bonchev–Trinajstić information content (AvgIpc) is 3.07. The molecule has 4 atom stereocenters. The smallest absolute Gasteiger partial charge is 0.405 e. The molecule has 122 valence electrons. The Labute approximate surface area is 125 Å². The number of esters is 2. The van der Waals surface area contributed by atoms with Gasteiger partial charge in [0.25, 0.3) is 0 Å². The third kappa shape index (κ3) is 1.97. The highest BCUT2D eigenvalue weighted by atomic mass is 19.4. The number of carbonyl (C=O) groups is 2. The van der Waals surface area contributed by atoms with Crippen LogP contribution in [0.25, 0.3) is 0 Å². The van der Waals surface area contributed by atoms with Crippen molar-refractivity contribution in [2.45, 2.75) is 39.0 Å². The molecular weight excluding hydrogens is 301 g/mol. The number of fused-ring (bicyclic) bond motifs is 2. The zero-order chi connectivity index (χ0) is 16.3. The van der Waals surface area contributed by atoms with E-state index in [1.165, 1.54) is 6.08 Å². The van der Waals surface area contributed by atoms with Crippen LogP contribution in [0.4, 0.5) is 13.2 Å². The Morgan fingerprint density at radius 2 is 2.05 bits per heavy atom. The minimum Gasteiger partial charge on any atom is -0.462 e. The van der Waals surface area contributed by atoms with E-state index < -0.39 is 41.0 Å². The SMILES string of the molecule is CC1(C)COC(=O)[C@@H]1OC(=O)[C@@]1(C(F)(F)F)C[C@H]2C=C[C@@H]1C2. The zero-order valence-electron chi connectivity index (χ0n) is 12.3.